The van der Waals surface area contributed by atoms with Crippen molar-refractivity contribution in [3.05, 3.63) is 65.2 Å². The third-order valence-electron chi connectivity index (χ3n) is 4.01. The zero-order valence-electron chi connectivity index (χ0n) is 14.6. The van der Waals surface area contributed by atoms with Crippen LogP contribution in [-0.2, 0) is 0 Å². The normalized spacial score (nSPS) is 11.7. The first-order chi connectivity index (χ1) is 11.4. The van der Waals surface area contributed by atoms with Gasteiger partial charge < -0.3 is 9.64 Å². The molecule has 0 bridgehead atoms. The Bertz CT molecular complexity index is 722. The topological polar surface area (TPSA) is 46.6 Å². The lowest BCUT2D eigenvalue weighted by atomic mass is 10.0. The molecule has 0 spiro atoms. The maximum atomic E-state index is 12.7. The standard InChI is InChI=1S/C20H23NO3/c1-5-24-18-8-6-7-17(13-18)20(23)21(4)15(3)19(22)16-11-9-14(2)10-12-16/h6-13,15H,5H2,1-4H3. The van der Waals surface area contributed by atoms with Gasteiger partial charge in [-0.1, -0.05) is 35.9 Å². The molecular formula is C20H23NO3. The van der Waals surface area contributed by atoms with Gasteiger partial charge in [-0.25, -0.2) is 0 Å². The van der Waals surface area contributed by atoms with Crippen LogP contribution in [0.4, 0.5) is 0 Å². The van der Waals surface area contributed by atoms with Crippen molar-refractivity contribution in [2.45, 2.75) is 26.8 Å². The number of amides is 1. The molecule has 0 fully saturated rings. The number of rotatable bonds is 6. The molecule has 0 heterocycles. The maximum absolute atomic E-state index is 12.7. The predicted molar refractivity (Wildman–Crippen MR) is 94.7 cm³/mol. The van der Waals surface area contributed by atoms with Crippen LogP contribution in [0.25, 0.3) is 0 Å². The summed E-state index contributed by atoms with van der Waals surface area (Å²) >= 11 is 0. The van der Waals surface area contributed by atoms with E-state index in [0.717, 1.165) is 5.56 Å². The number of carbonyl (C=O) groups excluding carboxylic acids is 2. The lowest BCUT2D eigenvalue weighted by molar-refractivity contribution is 0.0674. The second kappa shape index (κ2) is 7.77. The molecule has 2 aromatic rings. The molecule has 1 amide bonds. The lowest BCUT2D eigenvalue weighted by Crippen LogP contribution is -2.40. The number of likely N-dealkylation sites (N-methyl/N-ethyl adjacent to an activating group) is 1. The zero-order valence-corrected chi connectivity index (χ0v) is 14.6. The Morgan fingerprint density at radius 3 is 2.38 bits per heavy atom. The largest absolute Gasteiger partial charge is 0.494 e. The number of aryl methyl sites for hydroxylation is 1. The molecule has 126 valence electrons. The summed E-state index contributed by atoms with van der Waals surface area (Å²) in [6.07, 6.45) is 0. The average Bonchev–Trinajstić information content (AvgIpc) is 2.60. The van der Waals surface area contributed by atoms with Crippen LogP contribution in [0.2, 0.25) is 0 Å². The smallest absolute Gasteiger partial charge is 0.254 e. The first-order valence-corrected chi connectivity index (χ1v) is 8.05. The Morgan fingerprint density at radius 2 is 1.75 bits per heavy atom. The molecule has 24 heavy (non-hydrogen) atoms. The van der Waals surface area contributed by atoms with Crippen molar-refractivity contribution in [3.63, 3.8) is 0 Å². The maximum Gasteiger partial charge on any atom is 0.254 e. The Balaban J connectivity index is 2.15. The Morgan fingerprint density at radius 1 is 1.08 bits per heavy atom. The van der Waals surface area contributed by atoms with Crippen molar-refractivity contribution >= 4 is 11.7 Å². The molecular weight excluding hydrogens is 302 g/mol. The molecule has 2 rings (SSSR count). The third kappa shape index (κ3) is 4.02. The number of hydrogen-bond acceptors (Lipinski definition) is 3. The summed E-state index contributed by atoms with van der Waals surface area (Å²) < 4.78 is 5.43. The van der Waals surface area contributed by atoms with E-state index in [1.54, 1.807) is 50.4 Å². The van der Waals surface area contributed by atoms with Gasteiger partial charge in [0.2, 0.25) is 0 Å². The fourth-order valence-corrected chi connectivity index (χ4v) is 2.40. The van der Waals surface area contributed by atoms with Gasteiger partial charge in [0.25, 0.3) is 5.91 Å². The van der Waals surface area contributed by atoms with Crippen LogP contribution in [0.5, 0.6) is 5.75 Å². The van der Waals surface area contributed by atoms with Crippen molar-refractivity contribution in [2.24, 2.45) is 0 Å². The Kier molecular flexibility index (Phi) is 5.74. The molecule has 1 unspecified atom stereocenters. The monoisotopic (exact) mass is 325 g/mol. The van der Waals surface area contributed by atoms with Crippen LogP contribution in [0, 0.1) is 6.92 Å². The van der Waals surface area contributed by atoms with E-state index in [9.17, 15) is 9.59 Å². The van der Waals surface area contributed by atoms with E-state index in [1.165, 1.54) is 4.90 Å². The summed E-state index contributed by atoms with van der Waals surface area (Å²) in [5.74, 6) is 0.366. The van der Waals surface area contributed by atoms with E-state index in [1.807, 2.05) is 26.0 Å². The summed E-state index contributed by atoms with van der Waals surface area (Å²) in [5.41, 5.74) is 2.21. The first kappa shape index (κ1) is 17.7. The van der Waals surface area contributed by atoms with E-state index < -0.39 is 6.04 Å². The molecule has 0 aliphatic heterocycles. The third-order valence-corrected chi connectivity index (χ3v) is 4.01. The van der Waals surface area contributed by atoms with E-state index >= 15 is 0 Å². The minimum Gasteiger partial charge on any atom is -0.494 e. The van der Waals surface area contributed by atoms with Gasteiger partial charge >= 0.3 is 0 Å². The molecule has 4 nitrogen and oxygen atoms in total. The Labute approximate surface area is 143 Å². The highest BCUT2D eigenvalue weighted by Crippen LogP contribution is 2.17. The van der Waals surface area contributed by atoms with Gasteiger partial charge in [0.05, 0.1) is 12.6 Å². The molecule has 0 aliphatic rings. The number of Topliss-reactive ketones (excluding diaryl/α,β-unsaturated/α-hetero) is 1. The fourth-order valence-electron chi connectivity index (χ4n) is 2.40. The molecule has 4 heteroatoms. The summed E-state index contributed by atoms with van der Waals surface area (Å²) in [5, 5.41) is 0. The highest BCUT2D eigenvalue weighted by molar-refractivity contribution is 6.04. The van der Waals surface area contributed by atoms with E-state index in [0.29, 0.717) is 23.5 Å². The minimum atomic E-state index is -0.545. The van der Waals surface area contributed by atoms with Gasteiger partial charge in [-0.15, -0.1) is 0 Å². The van der Waals surface area contributed by atoms with E-state index in [4.69, 9.17) is 4.74 Å². The number of ketones is 1. The molecule has 0 saturated heterocycles. The minimum absolute atomic E-state index is 0.0770. The van der Waals surface area contributed by atoms with Crippen molar-refractivity contribution in [3.8, 4) is 5.75 Å². The SMILES string of the molecule is CCOc1cccc(C(=O)N(C)C(C)C(=O)c2ccc(C)cc2)c1. The van der Waals surface area contributed by atoms with Crippen molar-refractivity contribution in [1.82, 2.24) is 4.90 Å². The second-order valence-electron chi connectivity index (χ2n) is 5.78. The van der Waals surface area contributed by atoms with Crippen molar-refractivity contribution in [1.29, 1.82) is 0 Å². The zero-order chi connectivity index (χ0) is 17.7. The highest BCUT2D eigenvalue weighted by atomic mass is 16.5. The first-order valence-electron chi connectivity index (χ1n) is 8.05. The van der Waals surface area contributed by atoms with Crippen LogP contribution in [0.15, 0.2) is 48.5 Å². The van der Waals surface area contributed by atoms with E-state index in [-0.39, 0.29) is 11.7 Å². The van der Waals surface area contributed by atoms with Crippen LogP contribution < -0.4 is 4.74 Å². The van der Waals surface area contributed by atoms with Gasteiger partial charge in [0.1, 0.15) is 5.75 Å². The van der Waals surface area contributed by atoms with Crippen molar-refractivity contribution < 1.29 is 14.3 Å². The second-order valence-corrected chi connectivity index (χ2v) is 5.78. The molecule has 0 aliphatic carbocycles. The number of ether oxygens (including phenoxy) is 1. The van der Waals surface area contributed by atoms with Gasteiger partial charge in [0, 0.05) is 18.2 Å². The summed E-state index contributed by atoms with van der Waals surface area (Å²) in [4.78, 5) is 26.7. The predicted octanol–water partition coefficient (Wildman–Crippen LogP) is 3.74. The quantitative estimate of drug-likeness (QED) is 0.760. The summed E-state index contributed by atoms with van der Waals surface area (Å²) in [6, 6.07) is 13.8. The molecule has 0 saturated carbocycles. The average molecular weight is 325 g/mol. The number of hydrogen-bond donors (Lipinski definition) is 0. The van der Waals surface area contributed by atoms with E-state index in [2.05, 4.69) is 0 Å². The van der Waals surface area contributed by atoms with Crippen LogP contribution in [0.3, 0.4) is 0 Å². The molecule has 1 atom stereocenters. The Hall–Kier alpha value is -2.62. The molecule has 2 aromatic carbocycles. The summed E-state index contributed by atoms with van der Waals surface area (Å²) in [6.45, 7) is 6.14. The number of benzene rings is 2. The fraction of sp³-hybridized carbons (Fsp3) is 0.300. The molecule has 0 N–H and O–H groups in total. The van der Waals surface area contributed by atoms with Gasteiger partial charge in [-0.3, -0.25) is 9.59 Å². The number of nitrogens with zero attached hydrogens (tertiary/aromatic N) is 1. The lowest BCUT2D eigenvalue weighted by Gasteiger charge is -2.24. The van der Waals surface area contributed by atoms with Gasteiger partial charge in [0.15, 0.2) is 5.78 Å². The molecule has 0 aromatic heterocycles. The van der Waals surface area contributed by atoms with Crippen LogP contribution in [-0.4, -0.2) is 36.3 Å². The number of carbonyl (C=O) groups is 2. The molecule has 0 radical (unpaired) electrons. The van der Waals surface area contributed by atoms with Crippen LogP contribution in [0.1, 0.15) is 40.1 Å². The van der Waals surface area contributed by atoms with Crippen molar-refractivity contribution in [2.75, 3.05) is 13.7 Å². The summed E-state index contributed by atoms with van der Waals surface area (Å²) in [7, 11) is 1.65. The highest BCUT2D eigenvalue weighted by Gasteiger charge is 2.24. The van der Waals surface area contributed by atoms with Gasteiger partial charge in [-0.05, 0) is 39.0 Å². The van der Waals surface area contributed by atoms with Gasteiger partial charge in [-0.2, -0.15) is 0 Å². The van der Waals surface area contributed by atoms with Crippen LogP contribution >= 0.6 is 0 Å².